The lowest BCUT2D eigenvalue weighted by molar-refractivity contribution is 0.158. The molecule has 0 spiro atoms. The minimum absolute atomic E-state index is 0.931. The number of hydrogen-bond donors (Lipinski definition) is 2. The number of nitrogens with zero attached hydrogens (tertiary/aromatic N) is 3. The zero-order chi connectivity index (χ0) is 13.5. The van der Waals surface area contributed by atoms with E-state index in [4.69, 9.17) is 0 Å². The predicted octanol–water partition coefficient (Wildman–Crippen LogP) is 1.87. The van der Waals surface area contributed by atoms with Crippen molar-refractivity contribution < 1.29 is 0 Å². The zero-order valence-electron chi connectivity index (χ0n) is 12.0. The van der Waals surface area contributed by atoms with E-state index in [0.29, 0.717) is 0 Å². The number of hydrazine groups is 1. The van der Waals surface area contributed by atoms with Gasteiger partial charge in [0.15, 0.2) is 5.82 Å². The highest BCUT2D eigenvalue weighted by Crippen LogP contribution is 2.18. The largest absolute Gasteiger partial charge is 0.382 e. The number of likely N-dealkylation sites (N-methyl/N-ethyl adjacent to an activating group) is 1. The van der Waals surface area contributed by atoms with E-state index in [9.17, 15) is 0 Å². The van der Waals surface area contributed by atoms with Crippen LogP contribution in [0.15, 0.2) is 18.3 Å². The zero-order valence-corrected chi connectivity index (χ0v) is 12.0. The van der Waals surface area contributed by atoms with Gasteiger partial charge in [0.05, 0.1) is 5.69 Å². The molecule has 0 saturated carbocycles. The third-order valence-electron chi connectivity index (χ3n) is 3.46. The number of rotatable bonds is 6. The molecular weight excluding hydrogens is 238 g/mol. The minimum atomic E-state index is 0.931. The fraction of sp³-hybridized carbons (Fsp3) is 0.643. The molecule has 1 aliphatic rings. The molecule has 1 aliphatic heterocycles. The maximum absolute atomic E-state index is 4.44. The Morgan fingerprint density at radius 2 is 2.00 bits per heavy atom. The van der Waals surface area contributed by atoms with Crippen LogP contribution in [0.3, 0.4) is 0 Å². The van der Waals surface area contributed by atoms with Gasteiger partial charge < -0.3 is 15.6 Å². The van der Waals surface area contributed by atoms with Gasteiger partial charge in [0.2, 0.25) is 0 Å². The van der Waals surface area contributed by atoms with E-state index in [1.165, 1.54) is 0 Å². The van der Waals surface area contributed by atoms with Crippen LogP contribution < -0.4 is 10.7 Å². The summed E-state index contributed by atoms with van der Waals surface area (Å²) in [6.07, 6.45) is 2.95. The van der Waals surface area contributed by atoms with E-state index in [2.05, 4.69) is 45.5 Å². The lowest BCUT2D eigenvalue weighted by Gasteiger charge is -2.34. The lowest BCUT2D eigenvalue weighted by Crippen LogP contribution is -2.48. The second-order valence-electron chi connectivity index (χ2n) is 4.86. The van der Waals surface area contributed by atoms with Crippen molar-refractivity contribution in [1.82, 2.24) is 14.9 Å². The van der Waals surface area contributed by atoms with E-state index in [0.717, 1.165) is 57.2 Å². The third kappa shape index (κ3) is 4.08. The summed E-state index contributed by atoms with van der Waals surface area (Å²) >= 11 is 0. The molecule has 0 atom stereocenters. The van der Waals surface area contributed by atoms with E-state index >= 15 is 0 Å². The van der Waals surface area contributed by atoms with Gasteiger partial charge >= 0.3 is 0 Å². The molecule has 1 fully saturated rings. The van der Waals surface area contributed by atoms with Gasteiger partial charge in [0.25, 0.3) is 0 Å². The van der Waals surface area contributed by atoms with Crippen molar-refractivity contribution >= 4 is 11.5 Å². The maximum Gasteiger partial charge on any atom is 0.163 e. The molecular formula is C14H25N5. The van der Waals surface area contributed by atoms with Crippen LogP contribution in [0.25, 0.3) is 0 Å². The molecule has 2 heterocycles. The van der Waals surface area contributed by atoms with Crippen molar-refractivity contribution in [2.45, 2.75) is 20.3 Å². The van der Waals surface area contributed by atoms with E-state index in [-0.39, 0.29) is 0 Å². The maximum atomic E-state index is 4.44. The number of nitrogens with one attached hydrogen (secondary N) is 2. The van der Waals surface area contributed by atoms with Gasteiger partial charge in [-0.2, -0.15) is 0 Å². The Morgan fingerprint density at radius 1 is 1.21 bits per heavy atom. The standard InChI is InChI=1S/C14H25N5/c1-3-7-15-13-6-5-8-16-14(13)17-19-11-9-18(4-2)10-12-19/h5-6,8,15H,3-4,7,9-12H2,1-2H3,(H,16,17). The summed E-state index contributed by atoms with van der Waals surface area (Å²) in [5.41, 5.74) is 4.52. The molecule has 1 aromatic rings. The minimum Gasteiger partial charge on any atom is -0.382 e. The van der Waals surface area contributed by atoms with Crippen molar-refractivity contribution in [2.75, 3.05) is 50.0 Å². The summed E-state index contributed by atoms with van der Waals surface area (Å²) in [7, 11) is 0. The Hall–Kier alpha value is -1.33. The Morgan fingerprint density at radius 3 is 2.68 bits per heavy atom. The Bertz CT molecular complexity index is 374. The van der Waals surface area contributed by atoms with Crippen LogP contribution in [0.2, 0.25) is 0 Å². The van der Waals surface area contributed by atoms with Crippen LogP contribution in [0.4, 0.5) is 11.5 Å². The topological polar surface area (TPSA) is 43.4 Å². The molecule has 0 bridgehead atoms. The average Bonchev–Trinajstić information content (AvgIpc) is 2.47. The summed E-state index contributed by atoms with van der Waals surface area (Å²) in [5, 5.41) is 5.67. The first-order chi connectivity index (χ1) is 9.33. The normalized spacial score (nSPS) is 17.4. The Labute approximate surface area is 116 Å². The summed E-state index contributed by atoms with van der Waals surface area (Å²) in [5.74, 6) is 0.931. The Balaban J connectivity index is 1.91. The van der Waals surface area contributed by atoms with E-state index in [1.54, 1.807) is 0 Å². The van der Waals surface area contributed by atoms with Crippen LogP contribution >= 0.6 is 0 Å². The third-order valence-corrected chi connectivity index (χ3v) is 3.46. The second-order valence-corrected chi connectivity index (χ2v) is 4.86. The van der Waals surface area contributed by atoms with Gasteiger partial charge in [0, 0.05) is 38.9 Å². The smallest absolute Gasteiger partial charge is 0.163 e. The predicted molar refractivity (Wildman–Crippen MR) is 80.3 cm³/mol. The Kier molecular flexibility index (Phi) is 5.42. The van der Waals surface area contributed by atoms with Crippen molar-refractivity contribution in [2.24, 2.45) is 0 Å². The first-order valence-electron chi connectivity index (χ1n) is 7.26. The molecule has 1 aromatic heterocycles. The number of anilines is 2. The molecule has 5 heteroatoms. The van der Waals surface area contributed by atoms with Gasteiger partial charge in [-0.05, 0) is 25.1 Å². The van der Waals surface area contributed by atoms with Crippen molar-refractivity contribution in [3.05, 3.63) is 18.3 Å². The summed E-state index contributed by atoms with van der Waals surface area (Å²) < 4.78 is 0. The first-order valence-corrected chi connectivity index (χ1v) is 7.26. The van der Waals surface area contributed by atoms with Gasteiger partial charge in [-0.25, -0.2) is 9.99 Å². The average molecular weight is 263 g/mol. The summed E-state index contributed by atoms with van der Waals surface area (Å²) in [6, 6.07) is 4.05. The fourth-order valence-corrected chi connectivity index (χ4v) is 2.22. The molecule has 0 aromatic carbocycles. The molecule has 0 radical (unpaired) electrons. The van der Waals surface area contributed by atoms with Gasteiger partial charge in [-0.3, -0.25) is 0 Å². The highest BCUT2D eigenvalue weighted by atomic mass is 15.5. The summed E-state index contributed by atoms with van der Waals surface area (Å²) in [6.45, 7) is 10.8. The van der Waals surface area contributed by atoms with Crippen molar-refractivity contribution in [1.29, 1.82) is 0 Å². The number of piperazine rings is 1. The summed E-state index contributed by atoms with van der Waals surface area (Å²) in [4.78, 5) is 6.90. The highest BCUT2D eigenvalue weighted by molar-refractivity contribution is 5.63. The molecule has 0 amide bonds. The number of aromatic nitrogens is 1. The first kappa shape index (κ1) is 14.1. The van der Waals surface area contributed by atoms with Gasteiger partial charge in [0.1, 0.15) is 0 Å². The van der Waals surface area contributed by atoms with Crippen LogP contribution in [0, 0.1) is 0 Å². The van der Waals surface area contributed by atoms with Crippen LogP contribution in [-0.4, -0.2) is 54.2 Å². The molecule has 0 unspecified atom stereocenters. The molecule has 0 aliphatic carbocycles. The fourth-order valence-electron chi connectivity index (χ4n) is 2.22. The van der Waals surface area contributed by atoms with Crippen LogP contribution in [0.1, 0.15) is 20.3 Å². The van der Waals surface area contributed by atoms with E-state index < -0.39 is 0 Å². The SMILES string of the molecule is CCCNc1cccnc1NN1CCN(CC)CC1. The van der Waals surface area contributed by atoms with Crippen LogP contribution in [-0.2, 0) is 0 Å². The monoisotopic (exact) mass is 263 g/mol. The quantitative estimate of drug-likeness (QED) is 0.820. The second kappa shape index (κ2) is 7.31. The van der Waals surface area contributed by atoms with E-state index in [1.807, 2.05) is 12.3 Å². The molecule has 1 saturated heterocycles. The molecule has 106 valence electrons. The van der Waals surface area contributed by atoms with Gasteiger partial charge in [-0.1, -0.05) is 13.8 Å². The van der Waals surface area contributed by atoms with Crippen LogP contribution in [0.5, 0.6) is 0 Å². The molecule has 5 nitrogen and oxygen atoms in total. The molecule has 2 N–H and O–H groups in total. The number of hydrogen-bond acceptors (Lipinski definition) is 5. The van der Waals surface area contributed by atoms with Crippen molar-refractivity contribution in [3.8, 4) is 0 Å². The lowest BCUT2D eigenvalue weighted by atomic mass is 10.3. The molecule has 2 rings (SSSR count). The molecule has 19 heavy (non-hydrogen) atoms. The highest BCUT2D eigenvalue weighted by Gasteiger charge is 2.16. The number of pyridine rings is 1. The van der Waals surface area contributed by atoms with Crippen molar-refractivity contribution in [3.63, 3.8) is 0 Å². The van der Waals surface area contributed by atoms with Gasteiger partial charge in [-0.15, -0.1) is 0 Å².